The zero-order valence-electron chi connectivity index (χ0n) is 14.9. The number of hydrogen-bond donors (Lipinski definition) is 1. The first-order valence-corrected chi connectivity index (χ1v) is 9.06. The maximum Gasteiger partial charge on any atom is 0.234 e. The second-order valence-corrected chi connectivity index (χ2v) is 6.71. The maximum absolute atomic E-state index is 12.2. The van der Waals surface area contributed by atoms with Gasteiger partial charge in [0.2, 0.25) is 5.91 Å². The number of piperazine rings is 1. The van der Waals surface area contributed by atoms with Crippen LogP contribution in [0.2, 0.25) is 0 Å². The summed E-state index contributed by atoms with van der Waals surface area (Å²) >= 11 is 0. The van der Waals surface area contributed by atoms with Gasteiger partial charge in [-0.15, -0.1) is 0 Å². The third-order valence-corrected chi connectivity index (χ3v) is 4.83. The van der Waals surface area contributed by atoms with E-state index in [1.807, 2.05) is 24.3 Å². The molecule has 3 rings (SSSR count). The Morgan fingerprint density at radius 2 is 1.56 bits per heavy atom. The van der Waals surface area contributed by atoms with E-state index in [0.29, 0.717) is 19.0 Å². The summed E-state index contributed by atoms with van der Waals surface area (Å²) in [6.45, 7) is 7.12. The highest BCUT2D eigenvalue weighted by Crippen LogP contribution is 2.15. The van der Waals surface area contributed by atoms with Crippen molar-refractivity contribution in [2.75, 3.05) is 44.2 Å². The number of rotatable bonds is 6. The molecule has 1 heterocycles. The molecule has 0 aliphatic carbocycles. The Hall–Kier alpha value is -2.33. The van der Waals surface area contributed by atoms with Gasteiger partial charge in [-0.05, 0) is 23.6 Å². The fourth-order valence-electron chi connectivity index (χ4n) is 3.23. The molecule has 1 fully saturated rings. The van der Waals surface area contributed by atoms with Crippen molar-refractivity contribution in [1.82, 2.24) is 10.2 Å². The normalized spacial score (nSPS) is 16.4. The smallest absolute Gasteiger partial charge is 0.234 e. The van der Waals surface area contributed by atoms with Crippen molar-refractivity contribution >= 4 is 11.6 Å². The quantitative estimate of drug-likeness (QED) is 0.880. The van der Waals surface area contributed by atoms with Gasteiger partial charge in [0.05, 0.1) is 6.54 Å². The standard InChI is InChI=1S/C21H27N3O/c1-18(19-8-4-2-5-9-19)16-22-21(25)17-23-12-14-24(15-13-23)20-10-6-3-7-11-20/h2-11,18H,12-17H2,1H3,(H,22,25)/t18-/m1/s1. The predicted octanol–water partition coefficient (Wildman–Crippen LogP) is 2.73. The van der Waals surface area contributed by atoms with E-state index in [2.05, 4.69) is 58.4 Å². The van der Waals surface area contributed by atoms with Gasteiger partial charge >= 0.3 is 0 Å². The first-order chi connectivity index (χ1) is 12.2. The highest BCUT2D eigenvalue weighted by molar-refractivity contribution is 5.78. The number of nitrogens with one attached hydrogen (secondary N) is 1. The van der Waals surface area contributed by atoms with E-state index in [-0.39, 0.29) is 5.91 Å². The van der Waals surface area contributed by atoms with Crippen LogP contribution in [0.1, 0.15) is 18.4 Å². The topological polar surface area (TPSA) is 35.6 Å². The number of amides is 1. The lowest BCUT2D eigenvalue weighted by Gasteiger charge is -2.35. The molecule has 0 aromatic heterocycles. The summed E-state index contributed by atoms with van der Waals surface area (Å²) in [5.74, 6) is 0.455. The maximum atomic E-state index is 12.2. The largest absolute Gasteiger partial charge is 0.369 e. The fourth-order valence-corrected chi connectivity index (χ4v) is 3.23. The summed E-state index contributed by atoms with van der Waals surface area (Å²) in [5.41, 5.74) is 2.53. The number of carbonyl (C=O) groups is 1. The monoisotopic (exact) mass is 337 g/mol. The average Bonchev–Trinajstić information content (AvgIpc) is 2.68. The van der Waals surface area contributed by atoms with Crippen LogP contribution in [0.3, 0.4) is 0 Å². The summed E-state index contributed by atoms with van der Waals surface area (Å²) in [6.07, 6.45) is 0. The van der Waals surface area contributed by atoms with Crippen molar-refractivity contribution in [3.05, 3.63) is 66.2 Å². The molecular weight excluding hydrogens is 310 g/mol. The van der Waals surface area contributed by atoms with Crippen LogP contribution >= 0.6 is 0 Å². The van der Waals surface area contributed by atoms with Crippen LogP contribution < -0.4 is 10.2 Å². The summed E-state index contributed by atoms with van der Waals surface area (Å²) in [5, 5.41) is 3.08. The lowest BCUT2D eigenvalue weighted by atomic mass is 10.0. The zero-order valence-corrected chi connectivity index (χ0v) is 14.9. The number of hydrogen-bond acceptors (Lipinski definition) is 3. The van der Waals surface area contributed by atoms with Crippen LogP contribution in [0.4, 0.5) is 5.69 Å². The molecule has 0 radical (unpaired) electrons. The van der Waals surface area contributed by atoms with Crippen molar-refractivity contribution in [3.8, 4) is 0 Å². The Labute approximate surface area is 150 Å². The van der Waals surface area contributed by atoms with Crippen LogP contribution in [0, 0.1) is 0 Å². The van der Waals surface area contributed by atoms with Crippen LogP contribution in [0.5, 0.6) is 0 Å². The molecule has 1 saturated heterocycles. The first-order valence-electron chi connectivity index (χ1n) is 9.06. The molecule has 132 valence electrons. The van der Waals surface area contributed by atoms with Crippen LogP contribution in [-0.4, -0.2) is 50.1 Å². The van der Waals surface area contributed by atoms with Crippen molar-refractivity contribution in [3.63, 3.8) is 0 Å². The summed E-state index contributed by atoms with van der Waals surface area (Å²) < 4.78 is 0. The molecule has 2 aromatic carbocycles. The van der Waals surface area contributed by atoms with E-state index in [0.717, 1.165) is 26.2 Å². The van der Waals surface area contributed by atoms with Crippen molar-refractivity contribution in [2.45, 2.75) is 12.8 Å². The van der Waals surface area contributed by atoms with Crippen LogP contribution in [0.15, 0.2) is 60.7 Å². The van der Waals surface area contributed by atoms with E-state index < -0.39 is 0 Å². The molecule has 2 aromatic rings. The molecule has 1 N–H and O–H groups in total. The first kappa shape index (κ1) is 17.5. The number of benzene rings is 2. The van der Waals surface area contributed by atoms with E-state index in [4.69, 9.17) is 0 Å². The molecule has 0 saturated carbocycles. The van der Waals surface area contributed by atoms with Gasteiger partial charge < -0.3 is 10.2 Å². The minimum Gasteiger partial charge on any atom is -0.369 e. The minimum absolute atomic E-state index is 0.121. The molecule has 25 heavy (non-hydrogen) atoms. The minimum atomic E-state index is 0.121. The Bertz CT molecular complexity index is 651. The van der Waals surface area contributed by atoms with Crippen molar-refractivity contribution in [2.24, 2.45) is 0 Å². The van der Waals surface area contributed by atoms with E-state index >= 15 is 0 Å². The van der Waals surface area contributed by atoms with Gasteiger partial charge in [0.1, 0.15) is 0 Å². The lowest BCUT2D eigenvalue weighted by molar-refractivity contribution is -0.122. The highest BCUT2D eigenvalue weighted by Gasteiger charge is 2.19. The van der Waals surface area contributed by atoms with Gasteiger partial charge in [-0.2, -0.15) is 0 Å². The van der Waals surface area contributed by atoms with E-state index in [1.165, 1.54) is 11.3 Å². The van der Waals surface area contributed by atoms with Gasteiger partial charge in [0.25, 0.3) is 0 Å². The number of anilines is 1. The molecule has 0 bridgehead atoms. The van der Waals surface area contributed by atoms with Gasteiger partial charge in [0, 0.05) is 38.4 Å². The van der Waals surface area contributed by atoms with Crippen LogP contribution in [-0.2, 0) is 4.79 Å². The summed E-state index contributed by atoms with van der Waals surface area (Å²) in [6, 6.07) is 20.8. The Balaban J connectivity index is 1.39. The summed E-state index contributed by atoms with van der Waals surface area (Å²) in [7, 11) is 0. The van der Waals surface area contributed by atoms with Gasteiger partial charge in [-0.25, -0.2) is 0 Å². The second-order valence-electron chi connectivity index (χ2n) is 6.71. The fraction of sp³-hybridized carbons (Fsp3) is 0.381. The van der Waals surface area contributed by atoms with Gasteiger partial charge in [-0.3, -0.25) is 9.69 Å². The van der Waals surface area contributed by atoms with Gasteiger partial charge in [0.15, 0.2) is 0 Å². The molecule has 0 unspecified atom stereocenters. The Morgan fingerprint density at radius 3 is 2.20 bits per heavy atom. The molecule has 0 spiro atoms. The third kappa shape index (κ3) is 5.07. The van der Waals surface area contributed by atoms with E-state index in [9.17, 15) is 4.79 Å². The average molecular weight is 337 g/mol. The zero-order chi connectivity index (χ0) is 17.5. The van der Waals surface area contributed by atoms with Gasteiger partial charge in [-0.1, -0.05) is 55.5 Å². The molecule has 1 amide bonds. The Kier molecular flexibility index (Phi) is 6.07. The number of carbonyl (C=O) groups excluding carboxylic acids is 1. The molecule has 4 heteroatoms. The SMILES string of the molecule is C[C@H](CNC(=O)CN1CCN(c2ccccc2)CC1)c1ccccc1. The molecule has 1 aliphatic heterocycles. The lowest BCUT2D eigenvalue weighted by Crippen LogP contribution is -2.49. The second kappa shape index (κ2) is 8.67. The van der Waals surface area contributed by atoms with E-state index in [1.54, 1.807) is 0 Å². The number of nitrogens with zero attached hydrogens (tertiary/aromatic N) is 2. The summed E-state index contributed by atoms with van der Waals surface area (Å²) in [4.78, 5) is 16.9. The molecule has 1 atom stereocenters. The molecular formula is C21H27N3O. The van der Waals surface area contributed by atoms with Crippen LogP contribution in [0.25, 0.3) is 0 Å². The molecule has 4 nitrogen and oxygen atoms in total. The predicted molar refractivity (Wildman–Crippen MR) is 103 cm³/mol. The molecule has 1 aliphatic rings. The highest BCUT2D eigenvalue weighted by atomic mass is 16.2. The van der Waals surface area contributed by atoms with Crippen molar-refractivity contribution < 1.29 is 4.79 Å². The third-order valence-electron chi connectivity index (χ3n) is 4.83. The Morgan fingerprint density at radius 1 is 0.960 bits per heavy atom. The van der Waals surface area contributed by atoms with Crippen molar-refractivity contribution in [1.29, 1.82) is 0 Å². The number of para-hydroxylation sites is 1.